The molecule has 0 aliphatic rings. The van der Waals surface area contributed by atoms with Crippen LogP contribution in [-0.2, 0) is 19.4 Å². The Morgan fingerprint density at radius 3 is 2.38 bits per heavy atom. The smallest absolute Gasteiger partial charge is 0.338 e. The Kier molecular flexibility index (Phi) is 6.64. The molecule has 2 aromatic rings. The number of nitro benzene ring substituents is 1. The number of hydrogen-bond donors (Lipinski definition) is 1. The van der Waals surface area contributed by atoms with E-state index in [-0.39, 0.29) is 5.56 Å². The van der Waals surface area contributed by atoms with Gasteiger partial charge in [0.05, 0.1) is 16.5 Å². The van der Waals surface area contributed by atoms with E-state index in [1.165, 1.54) is 24.3 Å². The first-order valence-electron chi connectivity index (χ1n) is 8.19. The van der Waals surface area contributed by atoms with Gasteiger partial charge in [-0.1, -0.05) is 12.1 Å². The third-order valence-electron chi connectivity index (χ3n) is 3.87. The predicted molar refractivity (Wildman–Crippen MR) is 99.4 cm³/mol. The van der Waals surface area contributed by atoms with Crippen LogP contribution in [0.15, 0.2) is 47.4 Å². The number of amides is 1. The summed E-state index contributed by atoms with van der Waals surface area (Å²) in [6, 6.07) is 7.76. The molecule has 0 unspecified atom stereocenters. The summed E-state index contributed by atoms with van der Waals surface area (Å²) in [5.41, 5.74) is -0.405. The van der Waals surface area contributed by atoms with Crippen LogP contribution >= 0.6 is 0 Å². The van der Waals surface area contributed by atoms with Crippen LogP contribution < -0.4 is 5.32 Å². The van der Waals surface area contributed by atoms with Crippen molar-refractivity contribution in [1.82, 2.24) is 5.32 Å². The van der Waals surface area contributed by atoms with E-state index < -0.39 is 55.7 Å². The van der Waals surface area contributed by atoms with Crippen LogP contribution in [0.5, 0.6) is 0 Å². The number of ether oxygens (including phenoxy) is 1. The molecule has 1 amide bonds. The summed E-state index contributed by atoms with van der Waals surface area (Å²) in [4.78, 5) is 33.6. The van der Waals surface area contributed by atoms with Crippen molar-refractivity contribution in [2.75, 3.05) is 12.9 Å². The summed E-state index contributed by atoms with van der Waals surface area (Å²) >= 11 is 0. The van der Waals surface area contributed by atoms with Crippen LogP contribution in [0.2, 0.25) is 0 Å². The lowest BCUT2D eigenvalue weighted by molar-refractivity contribution is -0.387. The van der Waals surface area contributed by atoms with Crippen molar-refractivity contribution >= 4 is 27.4 Å². The minimum absolute atomic E-state index is 0.275. The Labute approximate surface area is 165 Å². The lowest BCUT2D eigenvalue weighted by atomic mass is 10.1. The summed E-state index contributed by atoms with van der Waals surface area (Å²) < 4.78 is 41.0. The monoisotopic (exact) mass is 424 g/mol. The number of rotatable bonds is 7. The predicted octanol–water partition coefficient (Wildman–Crippen LogP) is 2.17. The highest BCUT2D eigenvalue weighted by Gasteiger charge is 2.24. The van der Waals surface area contributed by atoms with Crippen molar-refractivity contribution in [1.29, 1.82) is 0 Å². The molecule has 11 heteroatoms. The number of carbonyl (C=O) groups is 2. The van der Waals surface area contributed by atoms with Crippen molar-refractivity contribution in [3.63, 3.8) is 0 Å². The molecule has 0 radical (unpaired) electrons. The zero-order valence-corrected chi connectivity index (χ0v) is 16.2. The van der Waals surface area contributed by atoms with E-state index in [0.717, 1.165) is 24.5 Å². The highest BCUT2D eigenvalue weighted by molar-refractivity contribution is 7.90. The van der Waals surface area contributed by atoms with Gasteiger partial charge in [-0.3, -0.25) is 14.9 Å². The third kappa shape index (κ3) is 5.82. The Morgan fingerprint density at radius 2 is 1.83 bits per heavy atom. The van der Waals surface area contributed by atoms with E-state index in [9.17, 15) is 32.5 Å². The summed E-state index contributed by atoms with van der Waals surface area (Å²) in [5, 5.41) is 13.6. The summed E-state index contributed by atoms with van der Waals surface area (Å²) in [5.74, 6) is -2.09. The molecule has 0 fully saturated rings. The van der Waals surface area contributed by atoms with Gasteiger partial charge in [0.25, 0.3) is 11.6 Å². The highest BCUT2D eigenvalue weighted by Crippen LogP contribution is 2.25. The summed E-state index contributed by atoms with van der Waals surface area (Å²) in [6.45, 7) is 0.992. The molecule has 0 bridgehead atoms. The van der Waals surface area contributed by atoms with E-state index in [4.69, 9.17) is 4.74 Å². The Bertz CT molecular complexity index is 1050. The molecule has 1 atom stereocenters. The molecular weight excluding hydrogens is 407 g/mol. The largest absolute Gasteiger partial charge is 0.452 e. The molecule has 0 heterocycles. The molecule has 0 saturated heterocycles. The fourth-order valence-corrected chi connectivity index (χ4v) is 3.26. The molecule has 0 spiro atoms. The van der Waals surface area contributed by atoms with Gasteiger partial charge in [-0.25, -0.2) is 17.6 Å². The second-order valence-electron chi connectivity index (χ2n) is 6.13. The maximum Gasteiger partial charge on any atom is 0.338 e. The zero-order chi connectivity index (χ0) is 21.8. The number of hydrogen-bond acceptors (Lipinski definition) is 7. The number of sulfone groups is 1. The average molecular weight is 424 g/mol. The fourth-order valence-electron chi connectivity index (χ4n) is 2.43. The van der Waals surface area contributed by atoms with E-state index in [2.05, 4.69) is 5.32 Å². The molecule has 0 aliphatic heterocycles. The first-order valence-corrected chi connectivity index (χ1v) is 10.1. The minimum Gasteiger partial charge on any atom is -0.452 e. The molecule has 2 aromatic carbocycles. The van der Waals surface area contributed by atoms with E-state index >= 15 is 0 Å². The van der Waals surface area contributed by atoms with Crippen LogP contribution in [0.4, 0.5) is 10.1 Å². The number of benzene rings is 2. The first-order chi connectivity index (χ1) is 13.5. The number of nitrogens with one attached hydrogen (secondary N) is 1. The molecule has 0 saturated carbocycles. The van der Waals surface area contributed by atoms with Gasteiger partial charge in [-0.2, -0.15) is 0 Å². The van der Waals surface area contributed by atoms with Gasteiger partial charge < -0.3 is 10.1 Å². The summed E-state index contributed by atoms with van der Waals surface area (Å²) in [6.07, 6.45) is 0.806. The average Bonchev–Trinajstić information content (AvgIpc) is 2.65. The number of halogens is 1. The highest BCUT2D eigenvalue weighted by atomic mass is 32.2. The second-order valence-corrected chi connectivity index (χ2v) is 8.11. The van der Waals surface area contributed by atoms with Crippen LogP contribution in [0.1, 0.15) is 28.9 Å². The number of nitro groups is 1. The van der Waals surface area contributed by atoms with Crippen LogP contribution in [0.25, 0.3) is 0 Å². The molecule has 154 valence electrons. The third-order valence-corrected chi connectivity index (χ3v) is 5.02. The Morgan fingerprint density at radius 1 is 1.21 bits per heavy atom. The lowest BCUT2D eigenvalue weighted by Crippen LogP contribution is -2.31. The topological polar surface area (TPSA) is 133 Å². The molecule has 9 nitrogen and oxygen atoms in total. The van der Waals surface area contributed by atoms with Crippen LogP contribution in [0, 0.1) is 15.9 Å². The van der Waals surface area contributed by atoms with E-state index in [1.807, 2.05) is 0 Å². The van der Waals surface area contributed by atoms with Gasteiger partial charge in [0.2, 0.25) is 0 Å². The maximum atomic E-state index is 12.9. The van der Waals surface area contributed by atoms with Crippen molar-refractivity contribution < 1.29 is 32.1 Å². The molecule has 0 aliphatic carbocycles. The Balaban J connectivity index is 2.03. The SMILES string of the molecule is C[C@@H](NC(=O)COC(=O)c1ccc(S(C)(=O)=O)c([N+](=O)[O-])c1)c1ccc(F)cc1. The van der Waals surface area contributed by atoms with Crippen molar-refractivity contribution in [2.24, 2.45) is 0 Å². The Hall–Kier alpha value is -3.34. The quantitative estimate of drug-likeness (QED) is 0.409. The molecule has 29 heavy (non-hydrogen) atoms. The van der Waals surface area contributed by atoms with Gasteiger partial charge in [0.1, 0.15) is 10.7 Å². The number of nitrogens with zero attached hydrogens (tertiary/aromatic N) is 1. The van der Waals surface area contributed by atoms with E-state index in [1.54, 1.807) is 6.92 Å². The zero-order valence-electron chi connectivity index (χ0n) is 15.4. The van der Waals surface area contributed by atoms with Gasteiger partial charge in [0.15, 0.2) is 16.4 Å². The molecule has 2 rings (SSSR count). The van der Waals surface area contributed by atoms with Gasteiger partial charge in [0, 0.05) is 12.3 Å². The normalized spacial score (nSPS) is 12.1. The second kappa shape index (κ2) is 8.78. The van der Waals surface area contributed by atoms with Crippen LogP contribution in [0.3, 0.4) is 0 Å². The maximum absolute atomic E-state index is 12.9. The molecular formula is C18H17FN2O7S. The number of carbonyl (C=O) groups excluding carboxylic acids is 2. The summed E-state index contributed by atoms with van der Waals surface area (Å²) in [7, 11) is -3.87. The standard InChI is InChI=1S/C18H17FN2O7S/c1-11(12-3-6-14(19)7-4-12)20-17(22)10-28-18(23)13-5-8-16(29(2,26)27)15(9-13)21(24)25/h3-9,11H,10H2,1-2H3,(H,20,22)/t11-/m1/s1. The van der Waals surface area contributed by atoms with Gasteiger partial charge >= 0.3 is 5.97 Å². The van der Waals surface area contributed by atoms with Gasteiger partial charge in [-0.05, 0) is 36.8 Å². The molecule has 1 N–H and O–H groups in total. The fraction of sp³-hybridized carbons (Fsp3) is 0.222. The van der Waals surface area contributed by atoms with Crippen molar-refractivity contribution in [3.05, 3.63) is 69.5 Å². The number of esters is 1. The first kappa shape index (κ1) is 22.0. The van der Waals surface area contributed by atoms with Crippen molar-refractivity contribution in [3.8, 4) is 0 Å². The van der Waals surface area contributed by atoms with Crippen LogP contribution in [-0.4, -0.2) is 38.1 Å². The molecule has 0 aromatic heterocycles. The van der Waals surface area contributed by atoms with Gasteiger partial charge in [-0.15, -0.1) is 0 Å². The minimum atomic E-state index is -3.87. The lowest BCUT2D eigenvalue weighted by Gasteiger charge is -2.14. The van der Waals surface area contributed by atoms with Crippen molar-refractivity contribution in [2.45, 2.75) is 17.9 Å². The van der Waals surface area contributed by atoms with E-state index in [0.29, 0.717) is 5.56 Å².